The molecular weight excluding hydrogens is 254 g/mol. The highest BCUT2D eigenvalue weighted by atomic mass is 16.6. The highest BCUT2D eigenvalue weighted by Crippen LogP contribution is 2.29. The van der Waals surface area contributed by atoms with Gasteiger partial charge in [0.15, 0.2) is 0 Å². The van der Waals surface area contributed by atoms with Crippen molar-refractivity contribution in [1.82, 2.24) is 4.98 Å². The van der Waals surface area contributed by atoms with Gasteiger partial charge in [0, 0.05) is 19.3 Å². The Kier molecular flexibility index (Phi) is 3.61. The van der Waals surface area contributed by atoms with Crippen molar-refractivity contribution in [1.29, 1.82) is 0 Å². The molecule has 1 aliphatic rings. The summed E-state index contributed by atoms with van der Waals surface area (Å²) >= 11 is 0. The molecule has 0 bridgehead atoms. The quantitative estimate of drug-likeness (QED) is 0.626. The topological polar surface area (TPSA) is 106 Å². The fraction of sp³-hybridized carbons (Fsp3) is 0.455. The number of carboxylic acids is 1. The number of anilines is 1. The molecule has 2 heterocycles. The summed E-state index contributed by atoms with van der Waals surface area (Å²) in [7, 11) is 1.59. The largest absolute Gasteiger partial charge is 0.481 e. The first kappa shape index (κ1) is 13.2. The zero-order valence-corrected chi connectivity index (χ0v) is 10.2. The predicted octanol–water partition coefficient (Wildman–Crippen LogP) is 0.526. The Morgan fingerprint density at radius 1 is 1.63 bits per heavy atom. The molecule has 1 aromatic heterocycles. The van der Waals surface area contributed by atoms with Crippen LogP contribution in [0.2, 0.25) is 0 Å². The second-order valence-electron chi connectivity index (χ2n) is 4.26. The number of hydrogen-bond acceptors (Lipinski definition) is 6. The summed E-state index contributed by atoms with van der Waals surface area (Å²) in [5, 5.41) is 20.0. The third-order valence-electron chi connectivity index (χ3n) is 3.16. The first-order valence-corrected chi connectivity index (χ1v) is 5.65. The van der Waals surface area contributed by atoms with Crippen molar-refractivity contribution in [2.45, 2.75) is 6.04 Å². The summed E-state index contributed by atoms with van der Waals surface area (Å²) in [5.74, 6) is -1.55. The Balaban J connectivity index is 2.31. The fourth-order valence-corrected chi connectivity index (χ4v) is 2.12. The molecule has 8 heteroatoms. The Labute approximate surface area is 108 Å². The van der Waals surface area contributed by atoms with Gasteiger partial charge < -0.3 is 14.7 Å². The summed E-state index contributed by atoms with van der Waals surface area (Å²) in [6, 6.07) is 2.34. The minimum absolute atomic E-state index is 0.102. The monoisotopic (exact) mass is 267 g/mol. The van der Waals surface area contributed by atoms with E-state index in [0.717, 1.165) is 0 Å². The van der Waals surface area contributed by atoms with Crippen molar-refractivity contribution in [2.75, 3.05) is 25.2 Å². The van der Waals surface area contributed by atoms with Crippen LogP contribution >= 0.6 is 0 Å². The second-order valence-corrected chi connectivity index (χ2v) is 4.26. The summed E-state index contributed by atoms with van der Waals surface area (Å²) in [5.41, 5.74) is -0.152. The molecule has 0 aliphatic carbocycles. The smallest absolute Gasteiger partial charge is 0.311 e. The third-order valence-corrected chi connectivity index (χ3v) is 3.16. The molecule has 1 N–H and O–H groups in total. The average Bonchev–Trinajstić information content (AvgIpc) is 2.87. The lowest BCUT2D eigenvalue weighted by molar-refractivity contribution is -0.384. The number of aromatic nitrogens is 1. The van der Waals surface area contributed by atoms with E-state index < -0.39 is 22.9 Å². The van der Waals surface area contributed by atoms with Gasteiger partial charge >= 0.3 is 11.7 Å². The number of ether oxygens (including phenoxy) is 1. The molecule has 0 radical (unpaired) electrons. The fourth-order valence-electron chi connectivity index (χ4n) is 2.12. The molecule has 2 unspecified atom stereocenters. The number of hydrogen-bond donors (Lipinski definition) is 1. The maximum Gasteiger partial charge on any atom is 0.311 e. The van der Waals surface area contributed by atoms with E-state index in [4.69, 9.17) is 9.84 Å². The maximum absolute atomic E-state index is 11.1. The molecule has 102 valence electrons. The molecular formula is C11H13N3O5. The van der Waals surface area contributed by atoms with E-state index in [9.17, 15) is 14.9 Å². The molecule has 2 rings (SSSR count). The number of likely N-dealkylation sites (N-methyl/N-ethyl adjacent to an activating group) is 1. The lowest BCUT2D eigenvalue weighted by atomic mass is 10.0. The number of pyridine rings is 1. The van der Waals surface area contributed by atoms with Crippen LogP contribution in [0.5, 0.6) is 0 Å². The Hall–Kier alpha value is -2.22. The van der Waals surface area contributed by atoms with E-state index in [-0.39, 0.29) is 24.7 Å². The molecule has 1 fully saturated rings. The number of nitro groups is 1. The first-order chi connectivity index (χ1) is 9.02. The normalized spacial score (nSPS) is 22.2. The second kappa shape index (κ2) is 5.19. The van der Waals surface area contributed by atoms with Crippen molar-refractivity contribution in [3.05, 3.63) is 28.4 Å². The molecule has 1 saturated heterocycles. The molecule has 19 heavy (non-hydrogen) atoms. The third kappa shape index (κ3) is 2.48. The zero-order chi connectivity index (χ0) is 14.0. The highest BCUT2D eigenvalue weighted by Gasteiger charge is 2.38. The van der Waals surface area contributed by atoms with Crippen LogP contribution < -0.4 is 4.90 Å². The van der Waals surface area contributed by atoms with Gasteiger partial charge in [0.2, 0.25) is 5.82 Å². The van der Waals surface area contributed by atoms with E-state index in [1.54, 1.807) is 7.05 Å². The Morgan fingerprint density at radius 2 is 2.37 bits per heavy atom. The molecule has 0 saturated carbocycles. The SMILES string of the molecule is CN(c1ncccc1[N+](=O)[O-])C1COCC1C(=O)O. The number of aliphatic carboxylic acids is 1. The molecule has 8 nitrogen and oxygen atoms in total. The van der Waals surface area contributed by atoms with Crippen molar-refractivity contribution in [3.63, 3.8) is 0 Å². The van der Waals surface area contributed by atoms with Crippen LogP contribution in [-0.2, 0) is 9.53 Å². The standard InChI is InChI=1S/C11H13N3O5/c1-13(9-6-19-5-7(9)11(15)16)10-8(14(17)18)3-2-4-12-10/h2-4,7,9H,5-6H2,1H3,(H,15,16). The van der Waals surface area contributed by atoms with Crippen LogP contribution in [-0.4, -0.2) is 47.3 Å². The van der Waals surface area contributed by atoms with Gasteiger partial charge in [0.05, 0.1) is 24.2 Å². The summed E-state index contributed by atoms with van der Waals surface area (Å²) in [4.78, 5) is 27.0. The van der Waals surface area contributed by atoms with E-state index in [0.29, 0.717) is 0 Å². The van der Waals surface area contributed by atoms with E-state index in [1.807, 2.05) is 0 Å². The van der Waals surface area contributed by atoms with Crippen molar-refractivity contribution >= 4 is 17.5 Å². The number of rotatable bonds is 4. The molecule has 1 aliphatic heterocycles. The van der Waals surface area contributed by atoms with E-state index >= 15 is 0 Å². The number of carbonyl (C=O) groups is 1. The molecule has 1 aromatic rings. The van der Waals surface area contributed by atoms with Gasteiger partial charge in [-0.05, 0) is 6.07 Å². The molecule has 0 amide bonds. The van der Waals surface area contributed by atoms with Crippen LogP contribution in [0.25, 0.3) is 0 Å². The van der Waals surface area contributed by atoms with Gasteiger partial charge in [-0.15, -0.1) is 0 Å². The van der Waals surface area contributed by atoms with Crippen LogP contribution in [0, 0.1) is 16.0 Å². The van der Waals surface area contributed by atoms with E-state index in [2.05, 4.69) is 4.98 Å². The minimum atomic E-state index is -0.979. The van der Waals surface area contributed by atoms with Crippen LogP contribution in [0.15, 0.2) is 18.3 Å². The van der Waals surface area contributed by atoms with Crippen molar-refractivity contribution < 1.29 is 19.6 Å². The molecule has 0 spiro atoms. The predicted molar refractivity (Wildman–Crippen MR) is 65.0 cm³/mol. The van der Waals surface area contributed by atoms with Gasteiger partial charge in [0.1, 0.15) is 5.92 Å². The van der Waals surface area contributed by atoms with E-state index in [1.165, 1.54) is 23.2 Å². The van der Waals surface area contributed by atoms with Crippen LogP contribution in [0.4, 0.5) is 11.5 Å². The van der Waals surface area contributed by atoms with Gasteiger partial charge in [-0.2, -0.15) is 0 Å². The summed E-state index contributed by atoms with van der Waals surface area (Å²) in [6.07, 6.45) is 1.43. The van der Waals surface area contributed by atoms with Crippen molar-refractivity contribution in [3.8, 4) is 0 Å². The summed E-state index contributed by atoms with van der Waals surface area (Å²) < 4.78 is 5.15. The minimum Gasteiger partial charge on any atom is -0.481 e. The maximum atomic E-state index is 11.1. The van der Waals surface area contributed by atoms with Gasteiger partial charge in [0.25, 0.3) is 0 Å². The van der Waals surface area contributed by atoms with Crippen LogP contribution in [0.1, 0.15) is 0 Å². The Bertz CT molecular complexity index is 507. The number of nitrogens with zero attached hydrogens (tertiary/aromatic N) is 3. The number of carboxylic acid groups (broad SMARTS) is 1. The van der Waals surface area contributed by atoms with Crippen LogP contribution in [0.3, 0.4) is 0 Å². The lowest BCUT2D eigenvalue weighted by Crippen LogP contribution is -2.41. The average molecular weight is 267 g/mol. The van der Waals surface area contributed by atoms with Gasteiger partial charge in [-0.3, -0.25) is 14.9 Å². The molecule has 2 atom stereocenters. The molecule has 0 aromatic carbocycles. The van der Waals surface area contributed by atoms with Gasteiger partial charge in [-0.25, -0.2) is 4.98 Å². The first-order valence-electron chi connectivity index (χ1n) is 5.65. The van der Waals surface area contributed by atoms with Gasteiger partial charge in [-0.1, -0.05) is 0 Å². The lowest BCUT2D eigenvalue weighted by Gasteiger charge is -2.26. The summed E-state index contributed by atoms with van der Waals surface area (Å²) in [6.45, 7) is 0.312. The Morgan fingerprint density at radius 3 is 3.00 bits per heavy atom. The highest BCUT2D eigenvalue weighted by molar-refractivity contribution is 5.73. The van der Waals surface area contributed by atoms with Crippen molar-refractivity contribution in [2.24, 2.45) is 5.92 Å². The zero-order valence-electron chi connectivity index (χ0n) is 10.2.